The normalized spacial score (nSPS) is 13.6. The lowest BCUT2D eigenvalue weighted by Gasteiger charge is -2.26. The number of aromatic nitrogens is 2. The van der Waals surface area contributed by atoms with Gasteiger partial charge in [0.25, 0.3) is 11.5 Å². The first-order chi connectivity index (χ1) is 13.5. The molecule has 0 spiro atoms. The summed E-state index contributed by atoms with van der Waals surface area (Å²) in [6.07, 6.45) is 1.63. The van der Waals surface area contributed by atoms with Gasteiger partial charge in [0.05, 0.1) is 18.5 Å². The molecule has 0 unspecified atom stereocenters. The molecule has 1 aliphatic heterocycles. The van der Waals surface area contributed by atoms with Gasteiger partial charge in [0, 0.05) is 29.8 Å². The van der Waals surface area contributed by atoms with E-state index < -0.39 is 11.9 Å². The molecule has 4 rings (SSSR count). The number of hydrogen-bond donors (Lipinski definition) is 0. The molecule has 8 nitrogen and oxygen atoms in total. The number of amides is 2. The Morgan fingerprint density at radius 3 is 2.89 bits per heavy atom. The Labute approximate surface area is 163 Å². The molecular formula is C19H15N3O5S. The molecule has 0 fully saturated rings. The van der Waals surface area contributed by atoms with Crippen molar-refractivity contribution in [2.24, 2.45) is 0 Å². The molecule has 9 heteroatoms. The van der Waals surface area contributed by atoms with E-state index in [4.69, 9.17) is 4.74 Å². The van der Waals surface area contributed by atoms with Crippen molar-refractivity contribution in [3.63, 3.8) is 0 Å². The monoisotopic (exact) mass is 397 g/mol. The number of carbonyl (C=O) groups excluding carboxylic acids is 3. The van der Waals surface area contributed by atoms with Crippen LogP contribution >= 0.6 is 11.3 Å². The van der Waals surface area contributed by atoms with Crippen LogP contribution in [0.25, 0.3) is 4.96 Å². The number of imide groups is 1. The number of thiazole rings is 1. The van der Waals surface area contributed by atoms with Gasteiger partial charge in [0.15, 0.2) is 4.96 Å². The number of esters is 1. The summed E-state index contributed by atoms with van der Waals surface area (Å²) in [5.74, 6) is -1.32. The molecule has 0 bridgehead atoms. The van der Waals surface area contributed by atoms with E-state index in [0.717, 1.165) is 4.90 Å². The average molecular weight is 397 g/mol. The summed E-state index contributed by atoms with van der Waals surface area (Å²) in [6.45, 7) is -0.196. The van der Waals surface area contributed by atoms with Gasteiger partial charge in [-0.15, -0.1) is 11.3 Å². The zero-order valence-corrected chi connectivity index (χ0v) is 15.5. The maximum Gasteiger partial charge on any atom is 0.307 e. The lowest BCUT2D eigenvalue weighted by atomic mass is 9.98. The minimum absolute atomic E-state index is 0.0507. The zero-order chi connectivity index (χ0) is 19.7. The smallest absolute Gasteiger partial charge is 0.307 e. The van der Waals surface area contributed by atoms with Crippen LogP contribution in [0.5, 0.6) is 0 Å². The van der Waals surface area contributed by atoms with Crippen LogP contribution in [-0.2, 0) is 27.4 Å². The van der Waals surface area contributed by atoms with E-state index in [0.29, 0.717) is 21.8 Å². The van der Waals surface area contributed by atoms with Crippen LogP contribution in [0, 0.1) is 0 Å². The standard InChI is InChI=1S/C19H15N3O5S/c23-15-9-12-3-1-2-4-14(12)18(26)21(15)6-5-17(25)27-11-13-10-16(24)22-7-8-28-19(22)20-13/h1-4,7-8,10H,5-6,9,11H2. The number of hydrogen-bond acceptors (Lipinski definition) is 7. The molecule has 0 N–H and O–H groups in total. The Morgan fingerprint density at radius 1 is 1.21 bits per heavy atom. The fourth-order valence-corrected chi connectivity index (χ4v) is 3.76. The summed E-state index contributed by atoms with van der Waals surface area (Å²) < 4.78 is 6.55. The fraction of sp³-hybridized carbons (Fsp3) is 0.211. The molecule has 0 atom stereocenters. The average Bonchev–Trinajstić information content (AvgIpc) is 3.15. The van der Waals surface area contributed by atoms with E-state index in [9.17, 15) is 19.2 Å². The molecule has 142 valence electrons. The number of fused-ring (bicyclic) bond motifs is 2. The Kier molecular flexibility index (Phi) is 4.74. The van der Waals surface area contributed by atoms with E-state index in [1.807, 2.05) is 0 Å². The highest BCUT2D eigenvalue weighted by molar-refractivity contribution is 7.15. The quantitative estimate of drug-likeness (QED) is 0.477. The van der Waals surface area contributed by atoms with Gasteiger partial charge in [-0.3, -0.25) is 28.5 Å². The third kappa shape index (κ3) is 3.44. The summed E-state index contributed by atoms with van der Waals surface area (Å²) >= 11 is 1.30. The first kappa shape index (κ1) is 18.1. The van der Waals surface area contributed by atoms with Crippen molar-refractivity contribution >= 4 is 34.1 Å². The maximum atomic E-state index is 12.5. The first-order valence-corrected chi connectivity index (χ1v) is 9.45. The summed E-state index contributed by atoms with van der Waals surface area (Å²) in [6, 6.07) is 8.23. The second kappa shape index (κ2) is 7.35. The van der Waals surface area contributed by atoms with Crippen molar-refractivity contribution in [1.82, 2.24) is 14.3 Å². The van der Waals surface area contributed by atoms with Crippen molar-refractivity contribution in [3.8, 4) is 0 Å². The molecule has 3 heterocycles. The topological polar surface area (TPSA) is 98.0 Å². The van der Waals surface area contributed by atoms with Crippen LogP contribution in [0.3, 0.4) is 0 Å². The highest BCUT2D eigenvalue weighted by atomic mass is 32.1. The molecular weight excluding hydrogens is 382 g/mol. The molecule has 28 heavy (non-hydrogen) atoms. The number of ether oxygens (including phenoxy) is 1. The van der Waals surface area contributed by atoms with Crippen molar-refractivity contribution in [2.45, 2.75) is 19.4 Å². The van der Waals surface area contributed by atoms with Crippen LogP contribution in [0.2, 0.25) is 0 Å². The van der Waals surface area contributed by atoms with Gasteiger partial charge in [-0.25, -0.2) is 4.98 Å². The van der Waals surface area contributed by atoms with E-state index in [-0.39, 0.29) is 37.5 Å². The van der Waals surface area contributed by atoms with Crippen LogP contribution in [0.15, 0.2) is 46.7 Å². The second-order valence-corrected chi connectivity index (χ2v) is 7.11. The van der Waals surface area contributed by atoms with Gasteiger partial charge in [-0.1, -0.05) is 18.2 Å². The van der Waals surface area contributed by atoms with Gasteiger partial charge in [0.2, 0.25) is 5.91 Å². The molecule has 2 aromatic heterocycles. The van der Waals surface area contributed by atoms with Crippen molar-refractivity contribution < 1.29 is 19.1 Å². The summed E-state index contributed by atoms with van der Waals surface area (Å²) in [7, 11) is 0. The number of benzene rings is 1. The highest BCUT2D eigenvalue weighted by Crippen LogP contribution is 2.19. The predicted octanol–water partition coefficient (Wildman–Crippen LogP) is 1.41. The number of carbonyl (C=O) groups is 3. The van der Waals surface area contributed by atoms with E-state index in [2.05, 4.69) is 4.98 Å². The van der Waals surface area contributed by atoms with Crippen molar-refractivity contribution in [2.75, 3.05) is 6.54 Å². The van der Waals surface area contributed by atoms with E-state index >= 15 is 0 Å². The summed E-state index contributed by atoms with van der Waals surface area (Å²) in [4.78, 5) is 54.5. The predicted molar refractivity (Wildman–Crippen MR) is 99.9 cm³/mol. The van der Waals surface area contributed by atoms with Crippen LogP contribution in [0.4, 0.5) is 0 Å². The van der Waals surface area contributed by atoms with Crippen molar-refractivity contribution in [3.05, 3.63) is 69.1 Å². The molecule has 2 amide bonds. The molecule has 0 saturated carbocycles. The van der Waals surface area contributed by atoms with Crippen LogP contribution < -0.4 is 5.56 Å². The van der Waals surface area contributed by atoms with Gasteiger partial charge < -0.3 is 4.74 Å². The fourth-order valence-electron chi connectivity index (χ4n) is 3.02. The Hall–Kier alpha value is -3.33. The lowest BCUT2D eigenvalue weighted by Crippen LogP contribution is -2.43. The van der Waals surface area contributed by atoms with Gasteiger partial charge in [0.1, 0.15) is 6.61 Å². The number of nitrogens with zero attached hydrogens (tertiary/aromatic N) is 3. The Morgan fingerprint density at radius 2 is 2.04 bits per heavy atom. The molecule has 1 aromatic carbocycles. The Balaban J connectivity index is 1.36. The first-order valence-electron chi connectivity index (χ1n) is 8.57. The highest BCUT2D eigenvalue weighted by Gasteiger charge is 2.30. The van der Waals surface area contributed by atoms with Crippen molar-refractivity contribution in [1.29, 1.82) is 0 Å². The largest absolute Gasteiger partial charge is 0.459 e. The lowest BCUT2D eigenvalue weighted by molar-refractivity contribution is -0.145. The SMILES string of the molecule is O=C(CCN1C(=O)Cc2ccccc2C1=O)OCc1cc(=O)n2ccsc2n1. The molecule has 3 aromatic rings. The van der Waals surface area contributed by atoms with E-state index in [1.165, 1.54) is 21.8 Å². The second-order valence-electron chi connectivity index (χ2n) is 6.24. The van der Waals surface area contributed by atoms with Gasteiger partial charge in [-0.2, -0.15) is 0 Å². The van der Waals surface area contributed by atoms with Crippen LogP contribution in [-0.4, -0.2) is 38.6 Å². The minimum atomic E-state index is -0.576. The summed E-state index contributed by atoms with van der Waals surface area (Å²) in [5, 5.41) is 1.74. The molecule has 0 saturated heterocycles. The molecule has 0 radical (unpaired) electrons. The minimum Gasteiger partial charge on any atom is -0.459 e. The third-order valence-corrected chi connectivity index (χ3v) is 5.17. The Bertz CT molecular complexity index is 1150. The van der Waals surface area contributed by atoms with Gasteiger partial charge in [-0.05, 0) is 11.6 Å². The van der Waals surface area contributed by atoms with Crippen LogP contribution in [0.1, 0.15) is 28.0 Å². The van der Waals surface area contributed by atoms with E-state index in [1.54, 1.807) is 35.8 Å². The number of rotatable bonds is 5. The van der Waals surface area contributed by atoms with Gasteiger partial charge >= 0.3 is 5.97 Å². The zero-order valence-electron chi connectivity index (χ0n) is 14.7. The maximum absolute atomic E-state index is 12.5. The third-order valence-electron chi connectivity index (χ3n) is 4.41. The molecule has 1 aliphatic rings. The molecule has 0 aliphatic carbocycles. The summed E-state index contributed by atoms with van der Waals surface area (Å²) in [5.41, 5.74) is 1.27.